The molecule has 2 N–H and O–H groups in total. The van der Waals surface area contributed by atoms with Crippen molar-refractivity contribution in [3.05, 3.63) is 99.6 Å². The van der Waals surface area contributed by atoms with E-state index in [9.17, 15) is 13.2 Å². The largest absolute Gasteiger partial charge is 0.348 e. The standard InChI is InChI=1S/C26H29ClN2O3S/c1-17-14-18(2)25(19(3)15-17)33(31,32)29-24(16-21-8-6-5-7-9-21)26(30)28-20(4)22-10-12-23(27)13-11-22/h5-15,20,24,29H,16H2,1-4H3,(H,28,30)/t20-,24-/m1/s1. The van der Waals surface area contributed by atoms with Crippen LogP contribution in [0.25, 0.3) is 0 Å². The van der Waals surface area contributed by atoms with Gasteiger partial charge in [-0.1, -0.05) is 71.8 Å². The quantitative estimate of drug-likeness (QED) is 0.470. The summed E-state index contributed by atoms with van der Waals surface area (Å²) in [6, 6.07) is 18.9. The summed E-state index contributed by atoms with van der Waals surface area (Å²) >= 11 is 5.96. The maximum absolute atomic E-state index is 13.4. The van der Waals surface area contributed by atoms with Gasteiger partial charge in [-0.25, -0.2) is 8.42 Å². The molecule has 0 radical (unpaired) electrons. The Morgan fingerprint density at radius 1 is 0.939 bits per heavy atom. The smallest absolute Gasteiger partial charge is 0.241 e. The van der Waals surface area contributed by atoms with Gasteiger partial charge < -0.3 is 5.32 Å². The topological polar surface area (TPSA) is 75.3 Å². The monoisotopic (exact) mass is 484 g/mol. The molecule has 33 heavy (non-hydrogen) atoms. The van der Waals surface area contributed by atoms with Gasteiger partial charge in [-0.15, -0.1) is 0 Å². The highest BCUT2D eigenvalue weighted by Gasteiger charge is 2.29. The average Bonchev–Trinajstić information content (AvgIpc) is 2.73. The van der Waals surface area contributed by atoms with Crippen LogP contribution in [-0.2, 0) is 21.2 Å². The third-order valence-electron chi connectivity index (χ3n) is 5.50. The van der Waals surface area contributed by atoms with E-state index in [2.05, 4.69) is 10.0 Å². The molecule has 2 atom stereocenters. The molecule has 3 aromatic rings. The van der Waals surface area contributed by atoms with E-state index in [4.69, 9.17) is 11.6 Å². The van der Waals surface area contributed by atoms with Crippen molar-refractivity contribution >= 4 is 27.5 Å². The van der Waals surface area contributed by atoms with Crippen molar-refractivity contribution in [2.24, 2.45) is 0 Å². The van der Waals surface area contributed by atoms with Gasteiger partial charge in [-0.3, -0.25) is 4.79 Å². The van der Waals surface area contributed by atoms with Crippen LogP contribution < -0.4 is 10.0 Å². The summed E-state index contributed by atoms with van der Waals surface area (Å²) < 4.78 is 29.4. The van der Waals surface area contributed by atoms with Crippen molar-refractivity contribution in [2.45, 2.75) is 51.1 Å². The highest BCUT2D eigenvalue weighted by molar-refractivity contribution is 7.89. The SMILES string of the molecule is Cc1cc(C)c(S(=O)(=O)N[C@H](Cc2ccccc2)C(=O)N[C@H](C)c2ccc(Cl)cc2)c(C)c1. The van der Waals surface area contributed by atoms with Crippen LogP contribution in [0.4, 0.5) is 0 Å². The Hall–Kier alpha value is -2.67. The molecule has 3 aromatic carbocycles. The Morgan fingerprint density at radius 2 is 1.52 bits per heavy atom. The Morgan fingerprint density at radius 3 is 2.09 bits per heavy atom. The minimum absolute atomic E-state index is 0.213. The molecule has 0 spiro atoms. The first kappa shape index (κ1) is 25.0. The van der Waals surface area contributed by atoms with Crippen LogP contribution in [0.3, 0.4) is 0 Å². The summed E-state index contributed by atoms with van der Waals surface area (Å²) in [5.74, 6) is -0.396. The molecule has 7 heteroatoms. The van der Waals surface area contributed by atoms with E-state index >= 15 is 0 Å². The second-order valence-corrected chi connectivity index (χ2v) is 10.5. The van der Waals surface area contributed by atoms with Crippen molar-refractivity contribution in [2.75, 3.05) is 0 Å². The van der Waals surface area contributed by atoms with Gasteiger partial charge in [0, 0.05) is 5.02 Å². The van der Waals surface area contributed by atoms with Gasteiger partial charge in [-0.2, -0.15) is 4.72 Å². The van der Waals surface area contributed by atoms with Gasteiger partial charge in [0.15, 0.2) is 0 Å². The van der Waals surface area contributed by atoms with Gasteiger partial charge in [0.1, 0.15) is 6.04 Å². The summed E-state index contributed by atoms with van der Waals surface area (Å²) in [7, 11) is -3.94. The first-order valence-corrected chi connectivity index (χ1v) is 12.6. The molecule has 0 heterocycles. The highest BCUT2D eigenvalue weighted by atomic mass is 35.5. The van der Waals surface area contributed by atoms with Crippen LogP contribution in [0.15, 0.2) is 71.6 Å². The lowest BCUT2D eigenvalue weighted by molar-refractivity contribution is -0.123. The minimum Gasteiger partial charge on any atom is -0.348 e. The Bertz CT molecular complexity index is 1200. The van der Waals surface area contributed by atoms with E-state index < -0.39 is 22.0 Å². The van der Waals surface area contributed by atoms with Gasteiger partial charge in [0.2, 0.25) is 15.9 Å². The van der Waals surface area contributed by atoms with Gasteiger partial charge in [0.05, 0.1) is 10.9 Å². The lowest BCUT2D eigenvalue weighted by Crippen LogP contribution is -2.48. The van der Waals surface area contributed by atoms with Crippen LogP contribution in [-0.4, -0.2) is 20.4 Å². The molecule has 0 aliphatic heterocycles. The number of nitrogens with one attached hydrogen (secondary N) is 2. The average molecular weight is 485 g/mol. The summed E-state index contributed by atoms with van der Waals surface area (Å²) in [5, 5.41) is 3.55. The molecule has 0 aliphatic rings. The molecule has 0 bridgehead atoms. The van der Waals surface area contributed by atoms with Crippen LogP contribution in [0.2, 0.25) is 5.02 Å². The predicted molar refractivity (Wildman–Crippen MR) is 133 cm³/mol. The Labute approximate surface area is 201 Å². The summed E-state index contributed by atoms with van der Waals surface area (Å²) in [6.45, 7) is 7.31. The number of aryl methyl sites for hydroxylation is 3. The molecule has 0 fully saturated rings. The number of hydrogen-bond acceptors (Lipinski definition) is 3. The van der Waals surface area contributed by atoms with Gasteiger partial charge in [-0.05, 0) is 68.5 Å². The maximum atomic E-state index is 13.4. The number of carbonyl (C=O) groups excluding carboxylic acids is 1. The van der Waals surface area contributed by atoms with Gasteiger partial charge in [0.25, 0.3) is 0 Å². The first-order chi connectivity index (χ1) is 15.6. The molecule has 5 nitrogen and oxygen atoms in total. The van der Waals surface area contributed by atoms with E-state index in [-0.39, 0.29) is 17.4 Å². The summed E-state index contributed by atoms with van der Waals surface area (Å²) in [6.07, 6.45) is 0.225. The third-order valence-corrected chi connectivity index (χ3v) is 7.53. The molecule has 0 aliphatic carbocycles. The number of carbonyl (C=O) groups is 1. The fraction of sp³-hybridized carbons (Fsp3) is 0.269. The Kier molecular flexibility index (Phi) is 7.95. The zero-order valence-corrected chi connectivity index (χ0v) is 20.8. The van der Waals surface area contributed by atoms with Crippen molar-refractivity contribution in [1.82, 2.24) is 10.0 Å². The van der Waals surface area contributed by atoms with Crippen molar-refractivity contribution in [3.8, 4) is 0 Å². The molecule has 0 saturated carbocycles. The molecule has 174 valence electrons. The zero-order chi connectivity index (χ0) is 24.2. The normalized spacial score (nSPS) is 13.4. The van der Waals surface area contributed by atoms with E-state index in [0.717, 1.165) is 16.7 Å². The molecule has 0 saturated heterocycles. The van der Waals surface area contributed by atoms with Crippen molar-refractivity contribution in [1.29, 1.82) is 0 Å². The minimum atomic E-state index is -3.94. The highest BCUT2D eigenvalue weighted by Crippen LogP contribution is 2.23. The van der Waals surface area contributed by atoms with Crippen LogP contribution >= 0.6 is 11.6 Å². The zero-order valence-electron chi connectivity index (χ0n) is 19.2. The fourth-order valence-electron chi connectivity index (χ4n) is 4.02. The maximum Gasteiger partial charge on any atom is 0.241 e. The second-order valence-electron chi connectivity index (χ2n) is 8.37. The molecule has 0 unspecified atom stereocenters. The number of hydrogen-bond donors (Lipinski definition) is 2. The number of rotatable bonds is 8. The van der Waals surface area contributed by atoms with E-state index in [1.54, 1.807) is 26.0 Å². The predicted octanol–water partition coefficient (Wildman–Crippen LogP) is 5.03. The summed E-state index contributed by atoms with van der Waals surface area (Å²) in [5.41, 5.74) is 4.01. The number of sulfonamides is 1. The number of amides is 1. The van der Waals surface area contributed by atoms with E-state index in [1.807, 2.05) is 68.4 Å². The van der Waals surface area contributed by atoms with Crippen molar-refractivity contribution < 1.29 is 13.2 Å². The summed E-state index contributed by atoms with van der Waals surface area (Å²) in [4.78, 5) is 13.5. The van der Waals surface area contributed by atoms with Crippen molar-refractivity contribution in [3.63, 3.8) is 0 Å². The molecular weight excluding hydrogens is 456 g/mol. The molecule has 0 aromatic heterocycles. The lowest BCUT2D eigenvalue weighted by Gasteiger charge is -2.23. The fourth-order valence-corrected chi connectivity index (χ4v) is 5.80. The van der Waals surface area contributed by atoms with E-state index in [1.165, 1.54) is 0 Å². The first-order valence-electron chi connectivity index (χ1n) is 10.8. The number of benzene rings is 3. The third kappa shape index (κ3) is 6.44. The number of halogens is 1. The molecular formula is C26H29ClN2O3S. The van der Waals surface area contributed by atoms with Crippen LogP contribution in [0, 0.1) is 20.8 Å². The second kappa shape index (κ2) is 10.5. The van der Waals surface area contributed by atoms with Crippen LogP contribution in [0.5, 0.6) is 0 Å². The lowest BCUT2D eigenvalue weighted by atomic mass is 10.0. The van der Waals surface area contributed by atoms with E-state index in [0.29, 0.717) is 16.1 Å². The Balaban J connectivity index is 1.89. The van der Waals surface area contributed by atoms with Crippen LogP contribution in [0.1, 0.15) is 40.8 Å². The molecule has 3 rings (SSSR count). The molecule has 1 amide bonds. The van der Waals surface area contributed by atoms with Gasteiger partial charge >= 0.3 is 0 Å².